The molecule has 1 N–H and O–H groups in total. The molecular formula is C24H22ClF3N4O4. The van der Waals surface area contributed by atoms with Gasteiger partial charge in [0.2, 0.25) is 0 Å². The first-order valence-electron chi connectivity index (χ1n) is 11.2. The number of aryl methyl sites for hydroxylation is 1. The quantitative estimate of drug-likeness (QED) is 0.208. The van der Waals surface area contributed by atoms with E-state index in [1.54, 1.807) is 24.3 Å². The van der Waals surface area contributed by atoms with Crippen molar-refractivity contribution in [2.24, 2.45) is 0 Å². The third kappa shape index (κ3) is 6.34. The van der Waals surface area contributed by atoms with Crippen molar-refractivity contribution >= 4 is 23.2 Å². The van der Waals surface area contributed by atoms with Gasteiger partial charge in [0, 0.05) is 42.4 Å². The second kappa shape index (κ2) is 10.6. The maximum Gasteiger partial charge on any atom is 0.435 e. The standard InChI is InChI=1S/C24H22ClF3N4O4/c25-19-12-18(32(34)35)8-9-21(19)36-14-15-2-4-17(5-3-15)23(33)29-10-1-11-31-20(16-6-7-16)13-22(30-31)24(26,27)28/h2-5,8-9,12-13,16H,1,6-7,10-11,14H2,(H,29,33). The number of nitro benzene ring substituents is 1. The molecule has 1 aliphatic carbocycles. The van der Waals surface area contributed by atoms with Crippen molar-refractivity contribution in [3.63, 3.8) is 0 Å². The number of carbonyl (C=O) groups excluding carboxylic acids is 1. The highest BCUT2D eigenvalue weighted by molar-refractivity contribution is 6.32. The van der Waals surface area contributed by atoms with Crippen LogP contribution in [0.15, 0.2) is 48.5 Å². The maximum absolute atomic E-state index is 13.0. The van der Waals surface area contributed by atoms with E-state index in [-0.39, 0.29) is 42.2 Å². The zero-order valence-corrected chi connectivity index (χ0v) is 19.7. The van der Waals surface area contributed by atoms with E-state index in [1.807, 2.05) is 0 Å². The van der Waals surface area contributed by atoms with Crippen LogP contribution in [0.25, 0.3) is 0 Å². The van der Waals surface area contributed by atoms with Gasteiger partial charge < -0.3 is 10.1 Å². The van der Waals surface area contributed by atoms with E-state index in [2.05, 4.69) is 10.4 Å². The second-order valence-corrected chi connectivity index (χ2v) is 8.82. The summed E-state index contributed by atoms with van der Waals surface area (Å²) in [6, 6.07) is 11.7. The smallest absolute Gasteiger partial charge is 0.435 e. The lowest BCUT2D eigenvalue weighted by atomic mass is 10.1. The molecule has 3 aromatic rings. The van der Waals surface area contributed by atoms with Gasteiger partial charge >= 0.3 is 6.18 Å². The summed E-state index contributed by atoms with van der Waals surface area (Å²) in [5, 5.41) is 17.4. The molecule has 12 heteroatoms. The predicted octanol–water partition coefficient (Wildman–Crippen LogP) is 5.74. The average molecular weight is 523 g/mol. The molecule has 2 aromatic carbocycles. The van der Waals surface area contributed by atoms with Crippen LogP contribution in [0, 0.1) is 10.1 Å². The predicted molar refractivity (Wildman–Crippen MR) is 125 cm³/mol. The highest BCUT2D eigenvalue weighted by Crippen LogP contribution is 2.42. The van der Waals surface area contributed by atoms with Crippen LogP contribution in [0.1, 0.15) is 52.5 Å². The molecular weight excluding hydrogens is 501 g/mol. The topological polar surface area (TPSA) is 99.3 Å². The number of hydrogen-bond acceptors (Lipinski definition) is 5. The summed E-state index contributed by atoms with van der Waals surface area (Å²) in [7, 11) is 0. The molecule has 0 unspecified atom stereocenters. The van der Waals surface area contributed by atoms with Crippen molar-refractivity contribution in [2.75, 3.05) is 6.54 Å². The van der Waals surface area contributed by atoms with Crippen LogP contribution in [0.3, 0.4) is 0 Å². The maximum atomic E-state index is 13.0. The minimum atomic E-state index is -4.48. The normalized spacial score (nSPS) is 13.4. The lowest BCUT2D eigenvalue weighted by Gasteiger charge is -2.10. The van der Waals surface area contributed by atoms with Gasteiger partial charge in [-0.15, -0.1) is 0 Å². The minimum Gasteiger partial charge on any atom is -0.487 e. The molecule has 1 fully saturated rings. The van der Waals surface area contributed by atoms with Gasteiger partial charge in [0.25, 0.3) is 11.6 Å². The van der Waals surface area contributed by atoms with E-state index in [9.17, 15) is 28.1 Å². The van der Waals surface area contributed by atoms with Crippen LogP contribution < -0.4 is 10.1 Å². The Morgan fingerprint density at radius 3 is 2.53 bits per heavy atom. The molecule has 0 aliphatic heterocycles. The van der Waals surface area contributed by atoms with Gasteiger partial charge in [0.1, 0.15) is 12.4 Å². The molecule has 0 radical (unpaired) electrons. The summed E-state index contributed by atoms with van der Waals surface area (Å²) in [4.78, 5) is 22.6. The molecule has 1 aliphatic rings. The van der Waals surface area contributed by atoms with E-state index >= 15 is 0 Å². The number of benzene rings is 2. The fourth-order valence-electron chi connectivity index (χ4n) is 3.62. The van der Waals surface area contributed by atoms with Gasteiger partial charge in [-0.05, 0) is 49.1 Å². The van der Waals surface area contributed by atoms with Gasteiger partial charge in [-0.3, -0.25) is 19.6 Å². The lowest BCUT2D eigenvalue weighted by molar-refractivity contribution is -0.384. The molecule has 0 saturated heterocycles. The number of halogens is 4. The van der Waals surface area contributed by atoms with Crippen molar-refractivity contribution in [1.29, 1.82) is 0 Å². The molecule has 1 amide bonds. The Balaban J connectivity index is 1.25. The summed E-state index contributed by atoms with van der Waals surface area (Å²) >= 11 is 6.02. The molecule has 0 bridgehead atoms. The molecule has 0 atom stereocenters. The number of alkyl halides is 3. The van der Waals surface area contributed by atoms with Gasteiger partial charge in [-0.1, -0.05) is 23.7 Å². The third-order valence-corrected chi connectivity index (χ3v) is 5.96. The van der Waals surface area contributed by atoms with E-state index < -0.39 is 16.8 Å². The zero-order valence-electron chi connectivity index (χ0n) is 18.9. The monoisotopic (exact) mass is 522 g/mol. The molecule has 8 nitrogen and oxygen atoms in total. The van der Waals surface area contributed by atoms with Crippen LogP contribution in [0.2, 0.25) is 5.02 Å². The van der Waals surface area contributed by atoms with E-state index in [4.69, 9.17) is 16.3 Å². The number of aromatic nitrogens is 2. The third-order valence-electron chi connectivity index (χ3n) is 5.67. The van der Waals surface area contributed by atoms with Gasteiger partial charge in [-0.25, -0.2) is 0 Å². The molecule has 1 saturated carbocycles. The van der Waals surface area contributed by atoms with Crippen LogP contribution in [-0.4, -0.2) is 27.2 Å². The number of non-ortho nitro benzene ring substituents is 1. The molecule has 190 valence electrons. The van der Waals surface area contributed by atoms with Crippen LogP contribution in [0.5, 0.6) is 5.75 Å². The van der Waals surface area contributed by atoms with E-state index in [0.29, 0.717) is 23.4 Å². The Morgan fingerprint density at radius 1 is 1.19 bits per heavy atom. The van der Waals surface area contributed by atoms with E-state index in [0.717, 1.165) is 24.5 Å². The first-order chi connectivity index (χ1) is 17.1. The summed E-state index contributed by atoms with van der Waals surface area (Å²) in [6.45, 7) is 0.712. The number of nitrogens with zero attached hydrogens (tertiary/aromatic N) is 3. The van der Waals surface area contributed by atoms with Crippen LogP contribution in [-0.2, 0) is 19.3 Å². The number of nitro groups is 1. The number of rotatable bonds is 10. The molecule has 1 aromatic heterocycles. The van der Waals surface area contributed by atoms with Crippen molar-refractivity contribution in [2.45, 2.75) is 44.5 Å². The first-order valence-corrected chi connectivity index (χ1v) is 11.6. The average Bonchev–Trinajstić information content (AvgIpc) is 3.59. The fraction of sp³-hybridized carbons (Fsp3) is 0.333. The van der Waals surface area contributed by atoms with Crippen molar-refractivity contribution in [3.05, 3.63) is 86.2 Å². The number of ether oxygens (including phenoxy) is 1. The number of nitrogens with one attached hydrogen (secondary N) is 1. The number of carbonyl (C=O) groups is 1. The molecule has 0 spiro atoms. The summed E-state index contributed by atoms with van der Waals surface area (Å²) in [6.07, 6.45) is -2.32. The SMILES string of the molecule is O=C(NCCCn1nc(C(F)(F)F)cc1C1CC1)c1ccc(COc2ccc([N+](=O)[O-])cc2Cl)cc1. The molecule has 1 heterocycles. The van der Waals surface area contributed by atoms with Crippen LogP contribution in [0.4, 0.5) is 18.9 Å². The highest BCUT2D eigenvalue weighted by atomic mass is 35.5. The van der Waals surface area contributed by atoms with Gasteiger partial charge in [0.15, 0.2) is 5.69 Å². The Morgan fingerprint density at radius 2 is 1.92 bits per heavy atom. The lowest BCUT2D eigenvalue weighted by Crippen LogP contribution is -2.25. The molecule has 4 rings (SSSR count). The Kier molecular flexibility index (Phi) is 7.48. The van der Waals surface area contributed by atoms with E-state index in [1.165, 1.54) is 22.9 Å². The summed E-state index contributed by atoms with van der Waals surface area (Å²) < 4.78 is 46.0. The van der Waals surface area contributed by atoms with Crippen LogP contribution >= 0.6 is 11.6 Å². The summed E-state index contributed by atoms with van der Waals surface area (Å²) in [5.74, 6) is 0.121. The Hall–Kier alpha value is -3.60. The largest absolute Gasteiger partial charge is 0.487 e. The van der Waals surface area contributed by atoms with Crippen molar-refractivity contribution in [1.82, 2.24) is 15.1 Å². The molecule has 36 heavy (non-hydrogen) atoms. The highest BCUT2D eigenvalue weighted by Gasteiger charge is 2.37. The zero-order chi connectivity index (χ0) is 25.9. The van der Waals surface area contributed by atoms with Gasteiger partial charge in [0.05, 0.1) is 9.95 Å². The number of amides is 1. The summed E-state index contributed by atoms with van der Waals surface area (Å²) in [5.41, 5.74) is 0.758. The minimum absolute atomic E-state index is 0.120. The van der Waals surface area contributed by atoms with Crippen molar-refractivity contribution in [3.8, 4) is 5.75 Å². The fourth-order valence-corrected chi connectivity index (χ4v) is 3.85. The van der Waals surface area contributed by atoms with Gasteiger partial charge in [-0.2, -0.15) is 18.3 Å². The first kappa shape index (κ1) is 25.5. The Bertz CT molecular complexity index is 1260. The second-order valence-electron chi connectivity index (χ2n) is 8.42. The number of hydrogen-bond donors (Lipinski definition) is 1. The van der Waals surface area contributed by atoms with Crippen molar-refractivity contribution < 1.29 is 27.6 Å². The Labute approximate surface area is 209 Å².